The predicted molar refractivity (Wildman–Crippen MR) is 179 cm³/mol. The smallest absolute Gasteiger partial charge is 0.418 e. The number of rotatable bonds is 6. The first-order valence-corrected chi connectivity index (χ1v) is 17.8. The molecule has 0 unspecified atom stereocenters. The molecule has 15 heteroatoms. The normalized spacial score (nSPS) is 26.8. The lowest BCUT2D eigenvalue weighted by Crippen LogP contribution is -2.42. The summed E-state index contributed by atoms with van der Waals surface area (Å²) in [5, 5.41) is 3.69. The number of fused-ring (bicyclic) bond motifs is 9. The third kappa shape index (κ3) is 5.36. The largest absolute Gasteiger partial charge is 0.483 e. The number of imide groups is 1. The number of aromatic amines is 1. The van der Waals surface area contributed by atoms with Crippen LogP contribution in [-0.4, -0.2) is 34.6 Å². The Balaban J connectivity index is 1.12. The fourth-order valence-corrected chi connectivity index (χ4v) is 11.5. The third-order valence-corrected chi connectivity index (χ3v) is 13.1. The molecule has 8 nitrogen and oxygen atoms in total. The van der Waals surface area contributed by atoms with Gasteiger partial charge in [-0.1, -0.05) is 46.7 Å². The van der Waals surface area contributed by atoms with Crippen molar-refractivity contribution in [3.05, 3.63) is 102 Å². The minimum absolute atomic E-state index is 0.120. The van der Waals surface area contributed by atoms with Crippen LogP contribution in [0.4, 0.5) is 24.5 Å². The monoisotopic (exact) mass is 745 g/mol. The van der Waals surface area contributed by atoms with Gasteiger partial charge in [-0.05, 0) is 78.8 Å². The molecule has 1 saturated heterocycles. The average molecular weight is 747 g/mol. The summed E-state index contributed by atoms with van der Waals surface area (Å²) >= 11 is 15.2. The number of halogens is 5. The Morgan fingerprint density at radius 2 is 1.65 bits per heavy atom. The third-order valence-electron chi connectivity index (χ3n) is 9.98. The van der Waals surface area contributed by atoms with Crippen LogP contribution in [0.25, 0.3) is 0 Å². The zero-order chi connectivity index (χ0) is 34.4. The number of hydrogen-bond acceptors (Lipinski definition) is 7. The minimum Gasteiger partial charge on any atom is -0.483 e. The number of alkyl halides is 3. The van der Waals surface area contributed by atoms with Gasteiger partial charge >= 0.3 is 11.0 Å². The summed E-state index contributed by atoms with van der Waals surface area (Å²) in [5.74, 6) is -3.11. The van der Waals surface area contributed by atoms with Gasteiger partial charge in [0, 0.05) is 31.7 Å². The molecule has 3 fully saturated rings. The molecule has 7 atom stereocenters. The molecule has 3 heterocycles. The quantitative estimate of drug-likeness (QED) is 0.199. The van der Waals surface area contributed by atoms with E-state index in [0.29, 0.717) is 32.7 Å². The van der Waals surface area contributed by atoms with E-state index in [9.17, 15) is 32.3 Å². The van der Waals surface area contributed by atoms with Crippen LogP contribution in [0, 0.1) is 29.6 Å². The standard InChI is InChI=1S/C34H24Cl2F3N3O5S2/c35-14-5-8-16(9-6-14)42-31(44)26-18-12-19(27(26)32(42)45)28-25(18)24(29-30(48-28)41-33(46)49-29)17-11-15(36)7-10-22(17)47-13-23(43)40-21-4-2-1-3-20(21)34(37,38)39/h1-11,18-19,24-28H,12-13H2,(H,40,43)(H,41,46)/t18-,19-,24+,25-,26+,27+,28-/m1/s1. The topological polar surface area (TPSA) is 109 Å². The van der Waals surface area contributed by atoms with Crippen molar-refractivity contribution in [2.45, 2.75) is 28.8 Å². The fraction of sp³-hybridized carbons (Fsp3) is 0.294. The first kappa shape index (κ1) is 32.4. The number of amides is 3. The minimum atomic E-state index is -4.67. The highest BCUT2D eigenvalue weighted by Crippen LogP contribution is 2.69. The highest BCUT2D eigenvalue weighted by Gasteiger charge is 2.70. The van der Waals surface area contributed by atoms with Crippen LogP contribution >= 0.6 is 46.3 Å². The van der Waals surface area contributed by atoms with Crippen molar-refractivity contribution < 1.29 is 32.3 Å². The Labute approximate surface area is 294 Å². The van der Waals surface area contributed by atoms with Crippen LogP contribution < -0.4 is 19.8 Å². The van der Waals surface area contributed by atoms with Gasteiger partial charge in [-0.2, -0.15) is 13.2 Å². The Kier molecular flexibility index (Phi) is 7.89. The van der Waals surface area contributed by atoms with Crippen molar-refractivity contribution in [1.29, 1.82) is 0 Å². The second-order valence-corrected chi connectivity index (χ2v) is 15.6. The van der Waals surface area contributed by atoms with E-state index < -0.39 is 47.7 Å². The van der Waals surface area contributed by atoms with Crippen molar-refractivity contribution in [3.8, 4) is 5.75 Å². The summed E-state index contributed by atoms with van der Waals surface area (Å²) in [6.07, 6.45) is -4.02. The van der Waals surface area contributed by atoms with Gasteiger partial charge in [-0.15, -0.1) is 11.8 Å². The van der Waals surface area contributed by atoms with Crippen molar-refractivity contribution >= 4 is 75.4 Å². The number of nitrogens with zero attached hydrogens (tertiary/aromatic N) is 1. The molecule has 3 aromatic carbocycles. The molecule has 1 aromatic heterocycles. The first-order valence-electron chi connectivity index (χ1n) is 15.3. The molecule has 0 radical (unpaired) electrons. The highest BCUT2D eigenvalue weighted by molar-refractivity contribution is 8.00. The number of anilines is 2. The van der Waals surface area contributed by atoms with E-state index in [2.05, 4.69) is 10.3 Å². The fourth-order valence-electron chi connectivity index (χ4n) is 8.27. The number of carbonyl (C=O) groups excluding carboxylic acids is 3. The van der Waals surface area contributed by atoms with Crippen LogP contribution in [0.15, 0.2) is 76.6 Å². The van der Waals surface area contributed by atoms with Gasteiger partial charge in [0.25, 0.3) is 5.91 Å². The Morgan fingerprint density at radius 3 is 2.39 bits per heavy atom. The summed E-state index contributed by atoms with van der Waals surface area (Å²) in [6.45, 7) is -0.605. The molecule has 0 spiro atoms. The molecule has 252 valence electrons. The molecule has 2 aliphatic heterocycles. The van der Waals surface area contributed by atoms with Gasteiger partial charge in [0.05, 0.1) is 33.8 Å². The van der Waals surface area contributed by atoms with Crippen molar-refractivity contribution in [2.75, 3.05) is 16.8 Å². The maximum absolute atomic E-state index is 14.0. The van der Waals surface area contributed by atoms with Gasteiger partial charge in [0.15, 0.2) is 6.61 Å². The SMILES string of the molecule is O=C(COc1ccc(Cl)cc1[C@@H]1c2sc(=O)[nH]c2S[C@@H]2[C@@H]3C[C@@H]([C@@H]4C(=O)N(c5ccc(Cl)cc5)C(=O)[C@@H]34)[C@H]12)Nc1ccccc1C(F)(F)F. The van der Waals surface area contributed by atoms with E-state index in [0.717, 1.165) is 28.3 Å². The summed E-state index contributed by atoms with van der Waals surface area (Å²) in [4.78, 5) is 58.2. The molecule has 3 amide bonds. The molecule has 2 N–H and O–H groups in total. The van der Waals surface area contributed by atoms with Gasteiger partial charge in [-0.3, -0.25) is 24.1 Å². The van der Waals surface area contributed by atoms with Gasteiger partial charge in [0.1, 0.15) is 5.75 Å². The Bertz CT molecular complexity index is 2090. The lowest BCUT2D eigenvalue weighted by Gasteiger charge is -2.43. The summed E-state index contributed by atoms with van der Waals surface area (Å²) in [7, 11) is 0. The lowest BCUT2D eigenvalue weighted by atomic mass is 9.68. The number of hydrogen-bond donors (Lipinski definition) is 2. The average Bonchev–Trinajstić information content (AvgIpc) is 3.79. The van der Waals surface area contributed by atoms with Gasteiger partial charge in [0.2, 0.25) is 11.8 Å². The second-order valence-electron chi connectivity index (χ2n) is 12.5. The maximum atomic E-state index is 14.0. The second kappa shape index (κ2) is 11.9. The van der Waals surface area contributed by atoms with Crippen LogP contribution in [0.5, 0.6) is 5.75 Å². The molecule has 2 bridgehead atoms. The highest BCUT2D eigenvalue weighted by atomic mass is 35.5. The Hall–Kier alpha value is -3.78. The number of benzene rings is 3. The summed E-state index contributed by atoms with van der Waals surface area (Å²) in [6, 6.07) is 16.1. The van der Waals surface area contributed by atoms with Crippen LogP contribution in [0.1, 0.15) is 28.3 Å². The molecular formula is C34H24Cl2F3N3O5S2. The summed E-state index contributed by atoms with van der Waals surface area (Å²) < 4.78 is 46.5. The van der Waals surface area contributed by atoms with Crippen LogP contribution in [-0.2, 0) is 20.6 Å². The van der Waals surface area contributed by atoms with Crippen molar-refractivity contribution in [1.82, 2.24) is 4.98 Å². The zero-order valence-electron chi connectivity index (χ0n) is 25.0. The molecule has 2 aliphatic carbocycles. The first-order chi connectivity index (χ1) is 23.4. The lowest BCUT2D eigenvalue weighted by molar-refractivity contribution is -0.137. The van der Waals surface area contributed by atoms with Crippen LogP contribution in [0.3, 0.4) is 0 Å². The molecule has 4 aliphatic rings. The number of thiazole rings is 1. The summed E-state index contributed by atoms with van der Waals surface area (Å²) in [5.41, 5.74) is -0.335. The number of carbonyl (C=O) groups is 3. The van der Waals surface area contributed by atoms with E-state index >= 15 is 0 Å². The van der Waals surface area contributed by atoms with Crippen molar-refractivity contribution in [3.63, 3.8) is 0 Å². The number of thioether (sulfide) groups is 1. The number of para-hydroxylation sites is 1. The number of H-pyrrole nitrogens is 1. The van der Waals surface area contributed by atoms with E-state index in [1.807, 2.05) is 0 Å². The molecule has 4 aromatic rings. The number of aromatic nitrogens is 1. The van der Waals surface area contributed by atoms with Crippen molar-refractivity contribution in [2.24, 2.45) is 29.6 Å². The van der Waals surface area contributed by atoms with E-state index in [-0.39, 0.29) is 45.4 Å². The molecular weight excluding hydrogens is 722 g/mol. The number of ether oxygens (including phenoxy) is 1. The van der Waals surface area contributed by atoms with E-state index in [1.54, 1.807) is 42.5 Å². The Morgan fingerprint density at radius 1 is 0.959 bits per heavy atom. The van der Waals surface area contributed by atoms with Gasteiger partial charge in [-0.25, -0.2) is 0 Å². The predicted octanol–water partition coefficient (Wildman–Crippen LogP) is 7.46. The van der Waals surface area contributed by atoms with E-state index in [4.69, 9.17) is 27.9 Å². The zero-order valence-corrected chi connectivity index (χ0v) is 28.1. The molecule has 8 rings (SSSR count). The van der Waals surface area contributed by atoms with E-state index in [1.165, 1.54) is 28.8 Å². The number of nitrogens with one attached hydrogen (secondary N) is 2. The van der Waals surface area contributed by atoms with Gasteiger partial charge < -0.3 is 15.0 Å². The maximum Gasteiger partial charge on any atom is 0.418 e. The molecule has 49 heavy (non-hydrogen) atoms. The van der Waals surface area contributed by atoms with Crippen LogP contribution in [0.2, 0.25) is 10.0 Å². The molecule has 2 saturated carbocycles.